The van der Waals surface area contributed by atoms with E-state index in [9.17, 15) is 31.9 Å². The number of para-hydroxylation sites is 1. The van der Waals surface area contributed by atoms with E-state index < -0.39 is 46.4 Å². The largest absolute Gasteiger partial charge is 0.416 e. The van der Waals surface area contributed by atoms with Crippen molar-refractivity contribution in [3.63, 3.8) is 0 Å². The Morgan fingerprint density at radius 3 is 2.32 bits per heavy atom. The molecule has 0 unspecified atom stereocenters. The Hall–Kier alpha value is -3.51. The molecule has 0 spiro atoms. The van der Waals surface area contributed by atoms with E-state index >= 15 is 0 Å². The molecule has 5 rings (SSSR count). The summed E-state index contributed by atoms with van der Waals surface area (Å²) in [6.07, 6.45) is -2.84. The summed E-state index contributed by atoms with van der Waals surface area (Å²) < 4.78 is 52.8. The number of hydrogen-bond acceptors (Lipinski definition) is 5. The maximum Gasteiger partial charge on any atom is 0.416 e. The van der Waals surface area contributed by atoms with Crippen LogP contribution in [-0.4, -0.2) is 22.7 Å². The molecule has 0 bridgehead atoms. The molecule has 0 radical (unpaired) electrons. The fourth-order valence-corrected chi connectivity index (χ4v) is 5.02. The van der Waals surface area contributed by atoms with Crippen LogP contribution < -0.4 is 16.0 Å². The zero-order valence-electron chi connectivity index (χ0n) is 19.4. The van der Waals surface area contributed by atoms with Gasteiger partial charge in [0.15, 0.2) is 5.13 Å². The topological polar surface area (TPSA) is 100 Å². The number of carbonyl (C=O) groups is 3. The molecule has 13 heteroatoms. The fourth-order valence-electron chi connectivity index (χ4n) is 3.90. The molecule has 3 aromatic rings. The van der Waals surface area contributed by atoms with E-state index in [-0.39, 0.29) is 23.9 Å². The van der Waals surface area contributed by atoms with Crippen molar-refractivity contribution >= 4 is 57.2 Å². The van der Waals surface area contributed by atoms with Gasteiger partial charge in [0, 0.05) is 11.6 Å². The molecule has 0 aliphatic heterocycles. The van der Waals surface area contributed by atoms with Crippen LogP contribution in [0.3, 0.4) is 0 Å². The highest BCUT2D eigenvalue weighted by Gasteiger charge is 2.57. The number of carbonyl (C=O) groups excluding carboxylic acids is 3. The lowest BCUT2D eigenvalue weighted by atomic mass is 10.0. The first kappa shape index (κ1) is 26.1. The van der Waals surface area contributed by atoms with Crippen LogP contribution in [-0.2, 0) is 15.8 Å². The Bertz CT molecular complexity index is 1450. The molecule has 7 nitrogen and oxygen atoms in total. The van der Waals surface area contributed by atoms with Crippen LogP contribution in [0.4, 0.5) is 34.1 Å². The minimum Gasteiger partial charge on any atom is -0.325 e. The van der Waals surface area contributed by atoms with Crippen LogP contribution in [0.2, 0.25) is 5.02 Å². The molecule has 2 saturated carbocycles. The summed E-state index contributed by atoms with van der Waals surface area (Å²) in [6.45, 7) is 0. The van der Waals surface area contributed by atoms with Crippen LogP contribution in [0.5, 0.6) is 0 Å². The number of amides is 3. The van der Waals surface area contributed by atoms with Gasteiger partial charge in [0.1, 0.15) is 16.1 Å². The fraction of sp³-hybridized carbons (Fsp3) is 0.280. The monoisotopic (exact) mass is 566 g/mol. The highest BCUT2D eigenvalue weighted by Crippen LogP contribution is 2.49. The molecule has 2 aliphatic carbocycles. The zero-order valence-corrected chi connectivity index (χ0v) is 21.0. The Kier molecular flexibility index (Phi) is 6.64. The van der Waals surface area contributed by atoms with Crippen LogP contribution in [0.25, 0.3) is 0 Å². The van der Waals surface area contributed by atoms with Crippen LogP contribution in [0, 0.1) is 11.2 Å². The van der Waals surface area contributed by atoms with Crippen molar-refractivity contribution in [3.05, 3.63) is 69.4 Å². The van der Waals surface area contributed by atoms with E-state index in [1.54, 1.807) is 24.3 Å². The lowest BCUT2D eigenvalue weighted by Crippen LogP contribution is -2.35. The number of alkyl halides is 3. The predicted octanol–water partition coefficient (Wildman–Crippen LogP) is 6.44. The standard InChI is InChI=1S/C25H19ClF4N4O3S/c26-16-3-1-2-4-17(16)32-20(35)19-18(12-5-6-12)33-23(38-19)34-22(37)24(7-8-24)21(36)31-15-10-13(25(28,29)30)9-14(27)11-15/h1-4,9-12H,5-8H2,(H,31,36)(H,32,35)(H,33,34,37). The number of anilines is 3. The van der Waals surface area contributed by atoms with Gasteiger partial charge in [0.2, 0.25) is 11.8 Å². The van der Waals surface area contributed by atoms with Gasteiger partial charge in [0.25, 0.3) is 5.91 Å². The summed E-state index contributed by atoms with van der Waals surface area (Å²) in [5.41, 5.74) is -2.27. The third kappa shape index (κ3) is 5.37. The summed E-state index contributed by atoms with van der Waals surface area (Å²) in [4.78, 5) is 43.6. The molecule has 3 amide bonds. The van der Waals surface area contributed by atoms with Gasteiger partial charge < -0.3 is 16.0 Å². The van der Waals surface area contributed by atoms with Crippen LogP contribution in [0.1, 0.15) is 52.5 Å². The van der Waals surface area contributed by atoms with Crippen molar-refractivity contribution in [2.75, 3.05) is 16.0 Å². The van der Waals surface area contributed by atoms with Crippen molar-refractivity contribution in [1.82, 2.24) is 4.98 Å². The molecule has 2 aliphatic rings. The Labute approximate surface area is 222 Å². The van der Waals surface area contributed by atoms with Crippen molar-refractivity contribution in [2.45, 2.75) is 37.8 Å². The second-order valence-corrected chi connectivity index (χ2v) is 10.6. The van der Waals surface area contributed by atoms with Gasteiger partial charge in [-0.05, 0) is 56.0 Å². The van der Waals surface area contributed by atoms with E-state index in [0.29, 0.717) is 33.4 Å². The van der Waals surface area contributed by atoms with E-state index in [4.69, 9.17) is 11.6 Å². The number of halogens is 5. The van der Waals surface area contributed by atoms with Gasteiger partial charge in [0.05, 0.1) is 22.0 Å². The summed E-state index contributed by atoms with van der Waals surface area (Å²) in [5.74, 6) is -3.12. The molecule has 38 heavy (non-hydrogen) atoms. The first-order valence-corrected chi connectivity index (χ1v) is 12.7. The summed E-state index contributed by atoms with van der Waals surface area (Å²) in [6, 6.07) is 8.37. The van der Waals surface area contributed by atoms with Crippen molar-refractivity contribution in [3.8, 4) is 0 Å². The molecule has 0 saturated heterocycles. The molecule has 2 aromatic carbocycles. The minimum absolute atomic E-state index is 0.0675. The van der Waals surface area contributed by atoms with Crippen molar-refractivity contribution in [2.24, 2.45) is 5.41 Å². The van der Waals surface area contributed by atoms with Crippen molar-refractivity contribution in [1.29, 1.82) is 0 Å². The van der Waals surface area contributed by atoms with Gasteiger partial charge in [-0.2, -0.15) is 13.2 Å². The van der Waals surface area contributed by atoms with E-state index in [0.717, 1.165) is 30.2 Å². The highest BCUT2D eigenvalue weighted by molar-refractivity contribution is 7.17. The van der Waals surface area contributed by atoms with E-state index in [1.807, 2.05) is 0 Å². The summed E-state index contributed by atoms with van der Waals surface area (Å²) in [5, 5.41) is 8.01. The minimum atomic E-state index is -4.81. The molecular weight excluding hydrogens is 548 g/mol. The smallest absolute Gasteiger partial charge is 0.325 e. The molecule has 198 valence electrons. The van der Waals surface area contributed by atoms with Gasteiger partial charge in [-0.15, -0.1) is 0 Å². The zero-order chi connectivity index (χ0) is 27.2. The third-order valence-electron chi connectivity index (χ3n) is 6.27. The number of nitrogens with zero attached hydrogens (tertiary/aromatic N) is 1. The Morgan fingerprint density at radius 1 is 1.00 bits per heavy atom. The third-order valence-corrected chi connectivity index (χ3v) is 7.58. The molecule has 1 heterocycles. The molecule has 2 fully saturated rings. The highest BCUT2D eigenvalue weighted by atomic mass is 35.5. The molecule has 0 atom stereocenters. The van der Waals surface area contributed by atoms with Gasteiger partial charge in [-0.1, -0.05) is 35.1 Å². The average Bonchev–Trinajstić information content (AvgIpc) is 3.77. The molecule has 3 N–H and O–H groups in total. The second kappa shape index (κ2) is 9.66. The first-order valence-electron chi connectivity index (χ1n) is 11.5. The molecule has 1 aromatic heterocycles. The Balaban J connectivity index is 1.31. The van der Waals surface area contributed by atoms with Crippen LogP contribution in [0.15, 0.2) is 42.5 Å². The maximum absolute atomic E-state index is 13.7. The normalized spacial score (nSPS) is 16.0. The first-order chi connectivity index (χ1) is 18.0. The van der Waals surface area contributed by atoms with E-state index in [2.05, 4.69) is 20.9 Å². The summed E-state index contributed by atoms with van der Waals surface area (Å²) in [7, 11) is 0. The van der Waals surface area contributed by atoms with Crippen LogP contribution >= 0.6 is 22.9 Å². The number of thiazole rings is 1. The van der Waals surface area contributed by atoms with E-state index in [1.165, 1.54) is 0 Å². The average molecular weight is 567 g/mol. The lowest BCUT2D eigenvalue weighted by molar-refractivity contribution is -0.138. The number of benzene rings is 2. The molecular formula is C25H19ClF4N4O3S. The van der Waals surface area contributed by atoms with Gasteiger partial charge in [-0.25, -0.2) is 9.37 Å². The lowest BCUT2D eigenvalue weighted by Gasteiger charge is -2.15. The number of aromatic nitrogens is 1. The maximum atomic E-state index is 13.7. The predicted molar refractivity (Wildman–Crippen MR) is 134 cm³/mol. The van der Waals surface area contributed by atoms with Crippen molar-refractivity contribution < 1.29 is 31.9 Å². The second-order valence-electron chi connectivity index (χ2n) is 9.16. The SMILES string of the molecule is O=C(Nc1ccccc1Cl)c1sc(NC(=O)C2(C(=O)Nc3cc(F)cc(C(F)(F)F)c3)CC2)nc1C1CC1. The Morgan fingerprint density at radius 2 is 1.68 bits per heavy atom. The van der Waals surface area contributed by atoms with Gasteiger partial charge in [-0.3, -0.25) is 14.4 Å². The summed E-state index contributed by atoms with van der Waals surface area (Å²) >= 11 is 7.08. The number of hydrogen-bond donors (Lipinski definition) is 3. The number of nitrogens with one attached hydrogen (secondary N) is 3. The van der Waals surface area contributed by atoms with Gasteiger partial charge >= 0.3 is 6.18 Å². The quantitative estimate of drug-likeness (QED) is 0.226. The number of rotatable bonds is 7.